The molecule has 2 N–H and O–H groups in total. The third-order valence-corrected chi connectivity index (χ3v) is 6.89. The molecule has 1 saturated heterocycles. The first-order valence-electron chi connectivity index (χ1n) is 11.8. The van der Waals surface area contributed by atoms with E-state index in [2.05, 4.69) is 24.1 Å². The first-order chi connectivity index (χ1) is 16.3. The number of benzene rings is 2. The summed E-state index contributed by atoms with van der Waals surface area (Å²) < 4.78 is 12.7. The van der Waals surface area contributed by atoms with E-state index in [-0.39, 0.29) is 12.5 Å². The number of fused-ring (bicyclic) bond motifs is 1. The van der Waals surface area contributed by atoms with Crippen LogP contribution in [0, 0.1) is 5.92 Å². The zero-order valence-electron chi connectivity index (χ0n) is 20.0. The number of carbonyl (C=O) groups excluding carboxylic acids is 1. The van der Waals surface area contributed by atoms with E-state index in [4.69, 9.17) is 9.47 Å². The lowest BCUT2D eigenvalue weighted by Crippen LogP contribution is -2.59. The third kappa shape index (κ3) is 6.05. The van der Waals surface area contributed by atoms with Gasteiger partial charge in [-0.15, -0.1) is 0 Å². The summed E-state index contributed by atoms with van der Waals surface area (Å²) in [4.78, 5) is 19.4. The summed E-state index contributed by atoms with van der Waals surface area (Å²) in [6.45, 7) is 8.07. The summed E-state index contributed by atoms with van der Waals surface area (Å²) in [7, 11) is 0. The van der Waals surface area contributed by atoms with Crippen molar-refractivity contribution in [3.05, 3.63) is 48.5 Å². The van der Waals surface area contributed by atoms with Crippen LogP contribution in [0.3, 0.4) is 0 Å². The predicted molar refractivity (Wildman–Crippen MR) is 136 cm³/mol. The van der Waals surface area contributed by atoms with Crippen LogP contribution in [0.1, 0.15) is 33.6 Å². The molecule has 2 aromatic carbocycles. The Labute approximate surface area is 204 Å². The van der Waals surface area contributed by atoms with Crippen LogP contribution in [-0.2, 0) is 4.79 Å². The highest BCUT2D eigenvalue weighted by molar-refractivity contribution is 7.22. The molecule has 0 spiro atoms. The van der Waals surface area contributed by atoms with Gasteiger partial charge in [-0.05, 0) is 56.0 Å². The van der Waals surface area contributed by atoms with Crippen molar-refractivity contribution in [1.82, 2.24) is 9.88 Å². The maximum absolute atomic E-state index is 12.8. The zero-order chi connectivity index (χ0) is 24.1. The van der Waals surface area contributed by atoms with E-state index in [0.29, 0.717) is 43.6 Å². The van der Waals surface area contributed by atoms with Crippen LogP contribution in [0.4, 0.5) is 5.13 Å². The van der Waals surface area contributed by atoms with Crippen LogP contribution >= 0.6 is 11.3 Å². The molecule has 8 heteroatoms. The molecule has 1 fully saturated rings. The largest absolute Gasteiger partial charge is 0.494 e. The minimum absolute atomic E-state index is 0.128. The van der Waals surface area contributed by atoms with Gasteiger partial charge in [-0.2, -0.15) is 0 Å². The fourth-order valence-electron chi connectivity index (χ4n) is 4.48. The molecule has 2 heterocycles. The molecule has 34 heavy (non-hydrogen) atoms. The van der Waals surface area contributed by atoms with Crippen molar-refractivity contribution < 1.29 is 19.4 Å². The number of hydrogen-bond acceptors (Lipinski definition) is 7. The number of thiazole rings is 1. The lowest BCUT2D eigenvalue weighted by molar-refractivity contribution is -0.129. The average molecular weight is 484 g/mol. The summed E-state index contributed by atoms with van der Waals surface area (Å²) in [5.74, 6) is 1.73. The fourth-order valence-corrected chi connectivity index (χ4v) is 5.39. The Morgan fingerprint density at radius 3 is 2.79 bits per heavy atom. The van der Waals surface area contributed by atoms with Gasteiger partial charge < -0.3 is 19.9 Å². The van der Waals surface area contributed by atoms with Crippen LogP contribution in [-0.4, -0.2) is 58.8 Å². The van der Waals surface area contributed by atoms with Crippen molar-refractivity contribution in [3.8, 4) is 11.5 Å². The summed E-state index contributed by atoms with van der Waals surface area (Å²) in [5.41, 5.74) is -0.0979. The number of hydrogen-bond donors (Lipinski definition) is 2. The van der Waals surface area contributed by atoms with Crippen molar-refractivity contribution in [1.29, 1.82) is 0 Å². The molecule has 1 aromatic heterocycles. The van der Waals surface area contributed by atoms with Gasteiger partial charge in [0.1, 0.15) is 23.2 Å². The second kappa shape index (κ2) is 10.7. The van der Waals surface area contributed by atoms with Crippen LogP contribution in [0.25, 0.3) is 10.2 Å². The second-order valence-corrected chi connectivity index (χ2v) is 10.3. The van der Waals surface area contributed by atoms with Gasteiger partial charge >= 0.3 is 0 Å². The summed E-state index contributed by atoms with van der Waals surface area (Å²) in [5, 5.41) is 14.9. The van der Waals surface area contributed by atoms with Crippen molar-refractivity contribution in [3.63, 3.8) is 0 Å². The smallest absolute Gasteiger partial charge is 0.240 e. The maximum Gasteiger partial charge on any atom is 0.240 e. The lowest BCUT2D eigenvalue weighted by Gasteiger charge is -2.44. The Bertz CT molecular complexity index is 1100. The molecule has 182 valence electrons. The van der Waals surface area contributed by atoms with Gasteiger partial charge in [-0.25, -0.2) is 4.98 Å². The minimum Gasteiger partial charge on any atom is -0.494 e. The first kappa shape index (κ1) is 24.4. The first-order valence-corrected chi connectivity index (χ1v) is 12.7. The number of aliphatic hydroxyl groups is 1. The molecule has 0 saturated carbocycles. The Balaban J connectivity index is 1.41. The Hall–Kier alpha value is -2.68. The van der Waals surface area contributed by atoms with Crippen molar-refractivity contribution in [2.75, 3.05) is 31.6 Å². The van der Waals surface area contributed by atoms with E-state index in [0.717, 1.165) is 21.7 Å². The average Bonchev–Trinajstić information content (AvgIpc) is 3.18. The number of carbonyl (C=O) groups is 1. The van der Waals surface area contributed by atoms with Crippen molar-refractivity contribution in [2.24, 2.45) is 5.92 Å². The highest BCUT2D eigenvalue weighted by Crippen LogP contribution is 2.33. The van der Waals surface area contributed by atoms with Gasteiger partial charge in [0.25, 0.3) is 0 Å². The fraction of sp³-hybridized carbons (Fsp3) is 0.462. The molecule has 0 radical (unpaired) electrons. The van der Waals surface area contributed by atoms with E-state index in [1.807, 2.05) is 60.4 Å². The number of piperidine rings is 1. The minimum atomic E-state index is -0.928. The molecular weight excluding hydrogens is 450 g/mol. The van der Waals surface area contributed by atoms with Gasteiger partial charge in [0.2, 0.25) is 5.91 Å². The molecule has 0 unspecified atom stereocenters. The Kier molecular flexibility index (Phi) is 7.70. The number of rotatable bonds is 9. The number of anilines is 1. The van der Waals surface area contributed by atoms with Crippen LogP contribution in [0.15, 0.2) is 48.5 Å². The van der Waals surface area contributed by atoms with E-state index in [9.17, 15) is 9.90 Å². The number of nitrogens with zero attached hydrogens (tertiary/aromatic N) is 2. The Morgan fingerprint density at radius 2 is 2.06 bits per heavy atom. The van der Waals surface area contributed by atoms with E-state index < -0.39 is 11.7 Å². The van der Waals surface area contributed by atoms with Crippen LogP contribution < -0.4 is 14.8 Å². The van der Waals surface area contributed by atoms with E-state index in [1.165, 1.54) is 11.3 Å². The standard InChI is InChI=1S/C26H33N3O4S/c1-4-32-20-10-11-21-22(14-20)34-25(27-21)28-24(30)17-29-13-12-26(31,15-18(2)3)23(16-29)33-19-8-6-5-7-9-19/h5-11,14,18,23,31H,4,12-13,15-17H2,1-3H3,(H,27,28,30)/t23-,26+/m0/s1. The SMILES string of the molecule is CCOc1ccc2nc(NC(=O)CN3CC[C@@](O)(CC(C)C)[C@@H](Oc4ccccc4)C3)sc2c1. The number of para-hydroxylation sites is 1. The second-order valence-electron chi connectivity index (χ2n) is 9.24. The number of likely N-dealkylation sites (tertiary alicyclic amines) is 1. The van der Waals surface area contributed by atoms with Gasteiger partial charge in [0, 0.05) is 13.1 Å². The summed E-state index contributed by atoms with van der Waals surface area (Å²) >= 11 is 1.43. The highest BCUT2D eigenvalue weighted by Gasteiger charge is 2.43. The van der Waals surface area contributed by atoms with Gasteiger partial charge in [0.05, 0.1) is 23.4 Å². The van der Waals surface area contributed by atoms with Crippen LogP contribution in [0.5, 0.6) is 11.5 Å². The molecule has 3 aromatic rings. The number of nitrogens with one attached hydrogen (secondary N) is 1. The molecule has 0 aliphatic carbocycles. The molecule has 1 aliphatic rings. The van der Waals surface area contributed by atoms with E-state index >= 15 is 0 Å². The van der Waals surface area contributed by atoms with Gasteiger partial charge in [-0.3, -0.25) is 9.69 Å². The van der Waals surface area contributed by atoms with Crippen LogP contribution in [0.2, 0.25) is 0 Å². The molecular formula is C26H33N3O4S. The monoisotopic (exact) mass is 483 g/mol. The highest BCUT2D eigenvalue weighted by atomic mass is 32.1. The molecule has 4 rings (SSSR count). The van der Waals surface area contributed by atoms with Gasteiger partial charge in [-0.1, -0.05) is 43.4 Å². The Morgan fingerprint density at radius 1 is 1.26 bits per heavy atom. The van der Waals surface area contributed by atoms with E-state index in [1.54, 1.807) is 0 Å². The summed E-state index contributed by atoms with van der Waals surface area (Å²) in [6.07, 6.45) is 0.787. The molecule has 1 aliphatic heterocycles. The predicted octanol–water partition coefficient (Wildman–Crippen LogP) is 4.56. The molecule has 1 amide bonds. The number of aromatic nitrogens is 1. The normalized spacial score (nSPS) is 21.0. The maximum atomic E-state index is 12.8. The van der Waals surface area contributed by atoms with Crippen molar-refractivity contribution >= 4 is 32.6 Å². The third-order valence-electron chi connectivity index (χ3n) is 5.95. The number of ether oxygens (including phenoxy) is 2. The zero-order valence-corrected chi connectivity index (χ0v) is 20.8. The quantitative estimate of drug-likeness (QED) is 0.464. The molecule has 0 bridgehead atoms. The van der Waals surface area contributed by atoms with Gasteiger partial charge in [0.15, 0.2) is 5.13 Å². The molecule has 7 nitrogen and oxygen atoms in total. The molecule has 2 atom stereocenters. The lowest BCUT2D eigenvalue weighted by atomic mass is 9.81. The summed E-state index contributed by atoms with van der Waals surface area (Å²) in [6, 6.07) is 15.3. The topological polar surface area (TPSA) is 83.9 Å². The van der Waals surface area contributed by atoms with Crippen molar-refractivity contribution in [2.45, 2.75) is 45.3 Å². The number of amides is 1.